The summed E-state index contributed by atoms with van der Waals surface area (Å²) in [7, 11) is 5.32. The molecule has 0 aliphatic carbocycles. The number of hydrogen-bond acceptors (Lipinski definition) is 6. The lowest BCUT2D eigenvalue weighted by atomic mass is 10.2. The smallest absolute Gasteiger partial charge is 0.357 e. The molecule has 0 atom stereocenters. The molecule has 0 amide bonds. The molecule has 2 rings (SSSR count). The molecule has 1 heterocycles. The molecule has 0 unspecified atom stereocenters. The number of nitrogens with zero attached hydrogens (tertiary/aromatic N) is 2. The van der Waals surface area contributed by atoms with Gasteiger partial charge in [0.05, 0.1) is 18.5 Å². The maximum absolute atomic E-state index is 11.6. The van der Waals surface area contributed by atoms with Crippen LogP contribution in [-0.2, 0) is 4.74 Å². The predicted octanol–water partition coefficient (Wildman–Crippen LogP) is 3.05. The highest BCUT2D eigenvalue weighted by atomic mass is 32.1. The molecule has 1 aromatic carbocycles. The van der Waals surface area contributed by atoms with Crippen LogP contribution in [-0.4, -0.2) is 32.2 Å². The Balaban J connectivity index is 2.29. The lowest BCUT2D eigenvalue weighted by molar-refractivity contribution is 0.0594. The van der Waals surface area contributed by atoms with Crippen LogP contribution in [0.4, 0.5) is 16.5 Å². The molecule has 0 spiro atoms. The number of carbonyl (C=O) groups is 1. The maximum Gasteiger partial charge on any atom is 0.357 e. The molecule has 0 saturated carbocycles. The van der Waals surface area contributed by atoms with E-state index in [-0.39, 0.29) is 0 Å². The molecule has 0 saturated heterocycles. The molecule has 2 aromatic rings. The molecule has 0 aliphatic rings. The largest absolute Gasteiger partial charge is 0.464 e. The first-order valence-corrected chi connectivity index (χ1v) is 6.93. The third-order valence-corrected chi connectivity index (χ3v) is 3.69. The van der Waals surface area contributed by atoms with Crippen molar-refractivity contribution in [3.8, 4) is 0 Å². The van der Waals surface area contributed by atoms with E-state index in [1.54, 1.807) is 0 Å². The van der Waals surface area contributed by atoms with E-state index in [0.29, 0.717) is 10.8 Å². The van der Waals surface area contributed by atoms with Crippen molar-refractivity contribution in [2.45, 2.75) is 6.92 Å². The Morgan fingerprint density at radius 2 is 2.05 bits per heavy atom. The SMILES string of the molecule is COC(=O)c1nc(Nc2ccccc2N(C)C)sc1C. The zero-order valence-corrected chi connectivity index (χ0v) is 12.7. The fourth-order valence-electron chi connectivity index (χ4n) is 1.82. The van der Waals surface area contributed by atoms with Crippen LogP contribution >= 0.6 is 11.3 Å². The van der Waals surface area contributed by atoms with Crippen LogP contribution in [0.3, 0.4) is 0 Å². The lowest BCUT2D eigenvalue weighted by Crippen LogP contribution is -2.10. The van der Waals surface area contributed by atoms with Crippen LogP contribution in [0.15, 0.2) is 24.3 Å². The maximum atomic E-state index is 11.6. The molecule has 6 heteroatoms. The molecule has 106 valence electrons. The Morgan fingerprint density at radius 1 is 1.35 bits per heavy atom. The van der Waals surface area contributed by atoms with Gasteiger partial charge in [-0.15, -0.1) is 11.3 Å². The number of carbonyl (C=O) groups excluding carboxylic acids is 1. The highest BCUT2D eigenvalue weighted by molar-refractivity contribution is 7.15. The summed E-state index contributed by atoms with van der Waals surface area (Å²) in [6.45, 7) is 1.85. The van der Waals surface area contributed by atoms with Gasteiger partial charge in [-0.05, 0) is 19.1 Å². The second-order valence-corrected chi connectivity index (χ2v) is 5.66. The van der Waals surface area contributed by atoms with Crippen LogP contribution in [0.25, 0.3) is 0 Å². The van der Waals surface area contributed by atoms with Crippen LogP contribution in [0.2, 0.25) is 0 Å². The number of esters is 1. The molecule has 5 nitrogen and oxygen atoms in total. The number of rotatable bonds is 4. The molecular weight excluding hydrogens is 274 g/mol. The van der Waals surface area contributed by atoms with Gasteiger partial charge >= 0.3 is 5.97 Å². The monoisotopic (exact) mass is 291 g/mol. The second-order valence-electron chi connectivity index (χ2n) is 4.45. The van der Waals surface area contributed by atoms with Gasteiger partial charge in [-0.25, -0.2) is 9.78 Å². The Morgan fingerprint density at radius 3 is 2.70 bits per heavy atom. The van der Waals surface area contributed by atoms with Crippen molar-refractivity contribution in [3.05, 3.63) is 34.8 Å². The number of thiazole rings is 1. The number of aromatic nitrogens is 1. The molecule has 20 heavy (non-hydrogen) atoms. The average Bonchev–Trinajstić information content (AvgIpc) is 2.79. The van der Waals surface area contributed by atoms with Crippen molar-refractivity contribution < 1.29 is 9.53 Å². The van der Waals surface area contributed by atoms with Crippen molar-refractivity contribution in [3.63, 3.8) is 0 Å². The number of nitrogens with one attached hydrogen (secondary N) is 1. The van der Waals surface area contributed by atoms with E-state index in [4.69, 9.17) is 4.74 Å². The predicted molar refractivity (Wildman–Crippen MR) is 82.2 cm³/mol. The van der Waals surface area contributed by atoms with Crippen LogP contribution in [0.1, 0.15) is 15.4 Å². The van der Waals surface area contributed by atoms with E-state index < -0.39 is 5.97 Å². The van der Waals surface area contributed by atoms with Gasteiger partial charge in [0.2, 0.25) is 0 Å². The number of para-hydroxylation sites is 2. The molecule has 0 bridgehead atoms. The Bertz CT molecular complexity index is 623. The number of methoxy groups -OCH3 is 1. The number of benzene rings is 1. The van der Waals surface area contributed by atoms with Crippen molar-refractivity contribution in [2.24, 2.45) is 0 Å². The van der Waals surface area contributed by atoms with Gasteiger partial charge < -0.3 is 15.0 Å². The lowest BCUT2D eigenvalue weighted by Gasteiger charge is -2.17. The van der Waals surface area contributed by atoms with Gasteiger partial charge in [-0.2, -0.15) is 0 Å². The Labute approximate surface area is 122 Å². The number of aryl methyl sites for hydroxylation is 1. The Hall–Kier alpha value is -2.08. The minimum Gasteiger partial charge on any atom is -0.464 e. The molecule has 0 aliphatic heterocycles. The number of hydrogen-bond donors (Lipinski definition) is 1. The highest BCUT2D eigenvalue weighted by Gasteiger charge is 2.16. The molecule has 1 aromatic heterocycles. The van der Waals surface area contributed by atoms with Gasteiger partial charge in [-0.1, -0.05) is 12.1 Å². The van der Waals surface area contributed by atoms with Gasteiger partial charge in [0, 0.05) is 19.0 Å². The number of ether oxygens (including phenoxy) is 1. The Kier molecular flexibility index (Phi) is 4.24. The molecular formula is C14H17N3O2S. The molecule has 0 fully saturated rings. The summed E-state index contributed by atoms with van der Waals surface area (Å²) in [5.41, 5.74) is 2.37. The second kappa shape index (κ2) is 5.92. The summed E-state index contributed by atoms with van der Waals surface area (Å²) in [5, 5.41) is 3.93. The zero-order valence-electron chi connectivity index (χ0n) is 11.9. The van der Waals surface area contributed by atoms with Gasteiger partial charge in [0.25, 0.3) is 0 Å². The first-order valence-electron chi connectivity index (χ1n) is 6.12. The van der Waals surface area contributed by atoms with E-state index in [1.807, 2.05) is 50.2 Å². The summed E-state index contributed by atoms with van der Waals surface area (Å²) < 4.78 is 4.71. The topological polar surface area (TPSA) is 54.5 Å². The fraction of sp³-hybridized carbons (Fsp3) is 0.286. The van der Waals surface area contributed by atoms with Crippen LogP contribution in [0, 0.1) is 6.92 Å². The summed E-state index contributed by atoms with van der Waals surface area (Å²) >= 11 is 1.43. The molecule has 0 radical (unpaired) electrons. The summed E-state index contributed by atoms with van der Waals surface area (Å²) in [6.07, 6.45) is 0. The minimum atomic E-state index is -0.410. The normalized spacial score (nSPS) is 10.2. The highest BCUT2D eigenvalue weighted by Crippen LogP contribution is 2.30. The van der Waals surface area contributed by atoms with Gasteiger partial charge in [-0.3, -0.25) is 0 Å². The summed E-state index contributed by atoms with van der Waals surface area (Å²) in [6, 6.07) is 7.93. The van der Waals surface area contributed by atoms with Crippen LogP contribution < -0.4 is 10.2 Å². The van der Waals surface area contributed by atoms with E-state index in [1.165, 1.54) is 18.4 Å². The quantitative estimate of drug-likeness (QED) is 0.877. The standard InChI is InChI=1S/C14H17N3O2S/c1-9-12(13(18)19-4)16-14(20-9)15-10-7-5-6-8-11(10)17(2)3/h5-8H,1-4H3,(H,15,16). The van der Waals surface area contributed by atoms with Crippen LogP contribution in [0.5, 0.6) is 0 Å². The first kappa shape index (κ1) is 14.3. The third kappa shape index (κ3) is 2.91. The average molecular weight is 291 g/mol. The van der Waals surface area contributed by atoms with E-state index in [9.17, 15) is 4.79 Å². The van der Waals surface area contributed by atoms with Crippen molar-refractivity contribution in [1.29, 1.82) is 0 Å². The van der Waals surface area contributed by atoms with Crippen molar-refractivity contribution in [2.75, 3.05) is 31.4 Å². The van der Waals surface area contributed by atoms with Crippen molar-refractivity contribution in [1.82, 2.24) is 4.98 Å². The first-order chi connectivity index (χ1) is 9.52. The number of anilines is 3. The van der Waals surface area contributed by atoms with E-state index in [2.05, 4.69) is 10.3 Å². The summed E-state index contributed by atoms with van der Waals surface area (Å²) in [4.78, 5) is 18.7. The zero-order chi connectivity index (χ0) is 14.7. The third-order valence-electron chi connectivity index (χ3n) is 2.80. The van der Waals surface area contributed by atoms with E-state index in [0.717, 1.165) is 16.3 Å². The van der Waals surface area contributed by atoms with E-state index >= 15 is 0 Å². The minimum absolute atomic E-state index is 0.363. The van der Waals surface area contributed by atoms with Gasteiger partial charge in [0.15, 0.2) is 10.8 Å². The fourth-order valence-corrected chi connectivity index (χ4v) is 2.63. The summed E-state index contributed by atoms with van der Waals surface area (Å²) in [5.74, 6) is -0.410. The van der Waals surface area contributed by atoms with Gasteiger partial charge in [0.1, 0.15) is 0 Å². The molecule has 1 N–H and O–H groups in total. The van der Waals surface area contributed by atoms with Crippen molar-refractivity contribution >= 4 is 33.8 Å².